The fourth-order valence-electron chi connectivity index (χ4n) is 2.56. The van der Waals surface area contributed by atoms with Crippen molar-refractivity contribution in [2.45, 2.75) is 10.6 Å². The average Bonchev–Trinajstić information content (AvgIpc) is 2.59. The van der Waals surface area contributed by atoms with Gasteiger partial charge < -0.3 is 8.83 Å². The summed E-state index contributed by atoms with van der Waals surface area (Å²) in [6.45, 7) is 0. The second-order valence-corrected chi connectivity index (χ2v) is 6.33. The van der Waals surface area contributed by atoms with E-state index in [9.17, 15) is 9.59 Å². The van der Waals surface area contributed by atoms with Crippen molar-refractivity contribution >= 4 is 33.7 Å². The van der Waals surface area contributed by atoms with E-state index in [1.165, 1.54) is 17.8 Å². The van der Waals surface area contributed by atoms with E-state index in [0.717, 1.165) is 15.7 Å². The molecule has 0 amide bonds. The lowest BCUT2D eigenvalue weighted by molar-refractivity contribution is 0.554. The third kappa shape index (κ3) is 2.74. The Labute approximate surface area is 140 Å². The van der Waals surface area contributed by atoms with E-state index in [0.29, 0.717) is 22.5 Å². The summed E-state index contributed by atoms with van der Waals surface area (Å²) in [7, 11) is 0. The molecule has 4 nitrogen and oxygen atoms in total. The van der Waals surface area contributed by atoms with Crippen molar-refractivity contribution in [1.82, 2.24) is 0 Å². The number of thioether (sulfide) groups is 1. The topological polar surface area (TPSA) is 60.4 Å². The summed E-state index contributed by atoms with van der Waals surface area (Å²) in [5.41, 5.74) is 0.923. The highest BCUT2D eigenvalue weighted by molar-refractivity contribution is 7.98. The molecule has 0 bridgehead atoms. The first-order valence-electron chi connectivity index (χ1n) is 7.38. The molecule has 0 aliphatic rings. The molecule has 2 aromatic carbocycles. The summed E-state index contributed by atoms with van der Waals surface area (Å²) >= 11 is 1.42. The highest BCUT2D eigenvalue weighted by Crippen LogP contribution is 2.28. The van der Waals surface area contributed by atoms with E-state index in [2.05, 4.69) is 0 Å². The zero-order valence-electron chi connectivity index (χ0n) is 12.5. The summed E-state index contributed by atoms with van der Waals surface area (Å²) < 4.78 is 10.5. The van der Waals surface area contributed by atoms with E-state index in [4.69, 9.17) is 8.83 Å². The first-order chi connectivity index (χ1) is 11.7. The lowest BCUT2D eigenvalue weighted by Gasteiger charge is -2.05. The highest BCUT2D eigenvalue weighted by atomic mass is 32.2. The maximum atomic E-state index is 12.1. The van der Waals surface area contributed by atoms with Gasteiger partial charge in [-0.1, -0.05) is 36.4 Å². The molecule has 5 heteroatoms. The van der Waals surface area contributed by atoms with E-state index in [1.54, 1.807) is 12.1 Å². The molecule has 24 heavy (non-hydrogen) atoms. The van der Waals surface area contributed by atoms with Gasteiger partial charge in [0.25, 0.3) is 0 Å². The Hall–Kier alpha value is -2.79. The summed E-state index contributed by atoms with van der Waals surface area (Å²) in [5, 5.41) is 1.73. The molecule has 2 heterocycles. The van der Waals surface area contributed by atoms with Gasteiger partial charge in [-0.25, -0.2) is 9.59 Å². The first-order valence-corrected chi connectivity index (χ1v) is 8.37. The van der Waals surface area contributed by atoms with Gasteiger partial charge in [0.1, 0.15) is 11.2 Å². The number of benzene rings is 2. The Bertz CT molecular complexity index is 1160. The monoisotopic (exact) mass is 336 g/mol. The van der Waals surface area contributed by atoms with Crippen LogP contribution in [0.15, 0.2) is 84.0 Å². The molecule has 118 valence electrons. The molecule has 0 atom stereocenters. The normalized spacial score (nSPS) is 11.2. The highest BCUT2D eigenvalue weighted by Gasteiger charge is 2.09. The first kappa shape index (κ1) is 14.8. The molecular weight excluding hydrogens is 324 g/mol. The van der Waals surface area contributed by atoms with Gasteiger partial charge in [0, 0.05) is 33.1 Å². The van der Waals surface area contributed by atoms with Crippen LogP contribution in [0.3, 0.4) is 0 Å². The van der Waals surface area contributed by atoms with Gasteiger partial charge in [0.05, 0.1) is 0 Å². The lowest BCUT2D eigenvalue weighted by atomic mass is 10.2. The Kier molecular flexibility index (Phi) is 3.70. The van der Waals surface area contributed by atoms with Crippen LogP contribution in [0.25, 0.3) is 21.9 Å². The molecule has 0 fully saturated rings. The Morgan fingerprint density at radius 3 is 2.46 bits per heavy atom. The number of fused-ring (bicyclic) bond motifs is 2. The molecular formula is C19H12O4S. The Balaban J connectivity index is 1.72. The van der Waals surface area contributed by atoms with Crippen molar-refractivity contribution in [1.29, 1.82) is 0 Å². The maximum Gasteiger partial charge on any atom is 0.340 e. The van der Waals surface area contributed by atoms with E-state index in [1.807, 2.05) is 42.5 Å². The van der Waals surface area contributed by atoms with E-state index >= 15 is 0 Å². The van der Waals surface area contributed by atoms with Crippen molar-refractivity contribution < 1.29 is 8.83 Å². The van der Waals surface area contributed by atoms with Crippen LogP contribution in [0, 0.1) is 0 Å². The minimum atomic E-state index is -0.401. The standard InChI is InChI=1S/C19H12O4S/c20-18-10-17(14-6-2-4-8-16(14)22-18)24-11-13-9-12-5-1-3-7-15(12)23-19(13)21/h1-10H,11H2. The van der Waals surface area contributed by atoms with E-state index in [-0.39, 0.29) is 5.63 Å². The molecule has 0 saturated carbocycles. The smallest absolute Gasteiger partial charge is 0.340 e. The van der Waals surface area contributed by atoms with Gasteiger partial charge >= 0.3 is 11.3 Å². The van der Waals surface area contributed by atoms with Crippen LogP contribution in [0.4, 0.5) is 0 Å². The average molecular weight is 336 g/mol. The van der Waals surface area contributed by atoms with Crippen LogP contribution in [0.5, 0.6) is 0 Å². The van der Waals surface area contributed by atoms with Gasteiger partial charge in [0.15, 0.2) is 0 Å². The zero-order chi connectivity index (χ0) is 16.5. The predicted octanol–water partition coefficient (Wildman–Crippen LogP) is 4.19. The summed E-state index contributed by atoms with van der Waals surface area (Å²) in [6.07, 6.45) is 0. The molecule has 0 radical (unpaired) electrons. The molecule has 2 aromatic heterocycles. The molecule has 0 saturated heterocycles. The summed E-state index contributed by atoms with van der Waals surface area (Å²) in [6, 6.07) is 18.0. The number of hydrogen-bond acceptors (Lipinski definition) is 5. The minimum Gasteiger partial charge on any atom is -0.423 e. The van der Waals surface area contributed by atoms with Gasteiger partial charge in [-0.15, -0.1) is 11.8 Å². The van der Waals surface area contributed by atoms with Crippen molar-refractivity contribution in [2.24, 2.45) is 0 Å². The fourth-order valence-corrected chi connectivity index (χ4v) is 3.58. The van der Waals surface area contributed by atoms with Crippen LogP contribution in [0.2, 0.25) is 0 Å². The molecule has 0 unspecified atom stereocenters. The van der Waals surface area contributed by atoms with Crippen molar-refractivity contribution in [2.75, 3.05) is 0 Å². The summed E-state index contributed by atoms with van der Waals surface area (Å²) in [4.78, 5) is 24.6. The van der Waals surface area contributed by atoms with Gasteiger partial charge in [-0.2, -0.15) is 0 Å². The minimum absolute atomic E-state index is 0.353. The van der Waals surface area contributed by atoms with Crippen molar-refractivity contribution in [3.05, 3.63) is 87.1 Å². The van der Waals surface area contributed by atoms with Crippen LogP contribution in [-0.4, -0.2) is 0 Å². The Morgan fingerprint density at radius 1 is 0.833 bits per heavy atom. The van der Waals surface area contributed by atoms with Crippen LogP contribution in [0.1, 0.15) is 5.56 Å². The largest absolute Gasteiger partial charge is 0.423 e. The molecule has 0 spiro atoms. The van der Waals surface area contributed by atoms with Gasteiger partial charge in [-0.3, -0.25) is 0 Å². The van der Waals surface area contributed by atoms with Crippen LogP contribution in [-0.2, 0) is 5.75 Å². The summed E-state index contributed by atoms with van der Waals surface area (Å²) in [5.74, 6) is 0.417. The quantitative estimate of drug-likeness (QED) is 0.415. The van der Waals surface area contributed by atoms with Gasteiger partial charge in [-0.05, 0) is 18.2 Å². The second kappa shape index (κ2) is 6.02. The molecule has 0 aliphatic carbocycles. The van der Waals surface area contributed by atoms with Gasteiger partial charge in [0.2, 0.25) is 0 Å². The second-order valence-electron chi connectivity index (χ2n) is 5.31. The molecule has 4 aromatic rings. The number of para-hydroxylation sites is 2. The van der Waals surface area contributed by atoms with Crippen molar-refractivity contribution in [3.63, 3.8) is 0 Å². The third-order valence-corrected chi connectivity index (χ3v) is 4.81. The van der Waals surface area contributed by atoms with E-state index < -0.39 is 5.63 Å². The predicted molar refractivity (Wildman–Crippen MR) is 94.5 cm³/mol. The molecule has 0 N–H and O–H groups in total. The van der Waals surface area contributed by atoms with Crippen LogP contribution >= 0.6 is 11.8 Å². The van der Waals surface area contributed by atoms with Crippen LogP contribution < -0.4 is 11.3 Å². The molecule has 4 rings (SSSR count). The molecule has 0 aliphatic heterocycles. The maximum absolute atomic E-state index is 12.1. The van der Waals surface area contributed by atoms with Crippen molar-refractivity contribution in [3.8, 4) is 0 Å². The zero-order valence-corrected chi connectivity index (χ0v) is 13.3. The third-order valence-electron chi connectivity index (χ3n) is 3.71. The SMILES string of the molecule is O=c1cc(SCc2cc3ccccc3oc2=O)c2ccccc2o1. The fraction of sp³-hybridized carbons (Fsp3) is 0.0526. The lowest BCUT2D eigenvalue weighted by Crippen LogP contribution is -2.06. The Morgan fingerprint density at radius 2 is 1.58 bits per heavy atom. The number of hydrogen-bond donors (Lipinski definition) is 0. The number of rotatable bonds is 3.